The van der Waals surface area contributed by atoms with E-state index < -0.39 is 0 Å². The normalized spacial score (nSPS) is 15.8. The molecule has 0 bridgehead atoms. The Hall–Kier alpha value is -0.440. The van der Waals surface area contributed by atoms with Crippen LogP contribution in [-0.4, -0.2) is 15.0 Å². The zero-order chi connectivity index (χ0) is 9.84. The van der Waals surface area contributed by atoms with Crippen molar-refractivity contribution in [3.63, 3.8) is 0 Å². The lowest BCUT2D eigenvalue weighted by Gasteiger charge is -2.22. The van der Waals surface area contributed by atoms with Gasteiger partial charge in [-0.1, -0.05) is 36.7 Å². The molecule has 13 heavy (non-hydrogen) atoms. The molecule has 0 radical (unpaired) electrons. The van der Waals surface area contributed by atoms with Crippen molar-refractivity contribution in [2.24, 2.45) is 5.92 Å². The highest BCUT2D eigenvalue weighted by atomic mass is 79.9. The van der Waals surface area contributed by atoms with Crippen LogP contribution in [0.5, 0.6) is 0 Å². The molecule has 0 saturated carbocycles. The standard InChI is InChI=1S/C10H15BrN2/c1-7(2)10(8(3)11)9-5-4-6-12-13-9/h4-8,10H,1-3H3. The molecule has 1 rings (SSSR count). The lowest BCUT2D eigenvalue weighted by Crippen LogP contribution is -2.17. The van der Waals surface area contributed by atoms with Gasteiger partial charge in [0.1, 0.15) is 0 Å². The molecule has 2 atom stereocenters. The van der Waals surface area contributed by atoms with E-state index in [0.29, 0.717) is 16.7 Å². The van der Waals surface area contributed by atoms with Crippen LogP contribution in [0.25, 0.3) is 0 Å². The van der Waals surface area contributed by atoms with Gasteiger partial charge in [0.05, 0.1) is 5.69 Å². The Kier molecular flexibility index (Phi) is 3.85. The summed E-state index contributed by atoms with van der Waals surface area (Å²) in [6.45, 7) is 6.56. The van der Waals surface area contributed by atoms with Gasteiger partial charge in [-0.15, -0.1) is 0 Å². The fraction of sp³-hybridized carbons (Fsp3) is 0.600. The third-order valence-electron chi connectivity index (χ3n) is 2.15. The molecule has 72 valence electrons. The molecule has 0 spiro atoms. The first-order valence-electron chi connectivity index (χ1n) is 4.54. The van der Waals surface area contributed by atoms with Crippen molar-refractivity contribution in [2.45, 2.75) is 31.5 Å². The molecule has 0 fully saturated rings. The van der Waals surface area contributed by atoms with Crippen LogP contribution in [0.15, 0.2) is 18.3 Å². The lowest BCUT2D eigenvalue weighted by atomic mass is 9.90. The van der Waals surface area contributed by atoms with Crippen LogP contribution in [0, 0.1) is 5.92 Å². The number of alkyl halides is 1. The Morgan fingerprint density at radius 2 is 2.00 bits per heavy atom. The van der Waals surface area contributed by atoms with E-state index in [-0.39, 0.29) is 0 Å². The maximum atomic E-state index is 4.14. The second kappa shape index (κ2) is 4.70. The fourth-order valence-corrected chi connectivity index (χ4v) is 2.48. The van der Waals surface area contributed by atoms with Crippen LogP contribution in [-0.2, 0) is 0 Å². The van der Waals surface area contributed by atoms with E-state index in [9.17, 15) is 0 Å². The summed E-state index contributed by atoms with van der Waals surface area (Å²) in [7, 11) is 0. The van der Waals surface area contributed by atoms with Gasteiger partial charge in [-0.05, 0) is 18.1 Å². The number of hydrogen-bond acceptors (Lipinski definition) is 2. The molecular formula is C10H15BrN2. The van der Waals surface area contributed by atoms with Crippen LogP contribution >= 0.6 is 15.9 Å². The van der Waals surface area contributed by atoms with Crippen molar-refractivity contribution in [2.75, 3.05) is 0 Å². The maximum absolute atomic E-state index is 4.14. The van der Waals surface area contributed by atoms with Gasteiger partial charge < -0.3 is 0 Å². The number of hydrogen-bond donors (Lipinski definition) is 0. The van der Waals surface area contributed by atoms with Crippen LogP contribution in [0.3, 0.4) is 0 Å². The Bertz CT molecular complexity index is 238. The van der Waals surface area contributed by atoms with Crippen LogP contribution < -0.4 is 0 Å². The van der Waals surface area contributed by atoms with E-state index in [1.807, 2.05) is 12.1 Å². The Balaban J connectivity index is 2.89. The molecule has 0 aliphatic rings. The third-order valence-corrected chi connectivity index (χ3v) is 2.72. The minimum Gasteiger partial charge on any atom is -0.159 e. The van der Waals surface area contributed by atoms with E-state index in [0.717, 1.165) is 5.69 Å². The topological polar surface area (TPSA) is 25.8 Å². The Morgan fingerprint density at radius 3 is 2.38 bits per heavy atom. The maximum Gasteiger partial charge on any atom is 0.0675 e. The molecule has 2 unspecified atom stereocenters. The van der Waals surface area contributed by atoms with E-state index in [2.05, 4.69) is 46.9 Å². The van der Waals surface area contributed by atoms with Gasteiger partial charge in [0, 0.05) is 16.9 Å². The van der Waals surface area contributed by atoms with Gasteiger partial charge in [-0.3, -0.25) is 0 Å². The number of nitrogens with zero attached hydrogens (tertiary/aromatic N) is 2. The molecule has 0 saturated heterocycles. The van der Waals surface area contributed by atoms with Crippen LogP contribution in [0.2, 0.25) is 0 Å². The average Bonchev–Trinajstić information content (AvgIpc) is 2.04. The minimum absolute atomic E-state index is 0.434. The fourth-order valence-electron chi connectivity index (χ4n) is 1.60. The van der Waals surface area contributed by atoms with Gasteiger partial charge in [-0.25, -0.2) is 0 Å². The summed E-state index contributed by atoms with van der Waals surface area (Å²) >= 11 is 3.61. The first-order valence-corrected chi connectivity index (χ1v) is 5.46. The van der Waals surface area contributed by atoms with Gasteiger partial charge in [0.25, 0.3) is 0 Å². The predicted octanol–water partition coefficient (Wildman–Crippen LogP) is 3.00. The highest BCUT2D eigenvalue weighted by Gasteiger charge is 2.21. The van der Waals surface area contributed by atoms with Crippen LogP contribution in [0.4, 0.5) is 0 Å². The van der Waals surface area contributed by atoms with E-state index in [1.54, 1.807) is 6.20 Å². The summed E-state index contributed by atoms with van der Waals surface area (Å²) in [5.41, 5.74) is 1.07. The minimum atomic E-state index is 0.434. The molecule has 0 aromatic carbocycles. The molecule has 0 amide bonds. The predicted molar refractivity (Wildman–Crippen MR) is 58.0 cm³/mol. The van der Waals surface area contributed by atoms with Crippen molar-refractivity contribution in [3.05, 3.63) is 24.0 Å². The number of aromatic nitrogens is 2. The van der Waals surface area contributed by atoms with E-state index in [4.69, 9.17) is 0 Å². The molecule has 1 heterocycles. The largest absolute Gasteiger partial charge is 0.159 e. The average molecular weight is 243 g/mol. The second-order valence-electron chi connectivity index (χ2n) is 3.60. The first kappa shape index (κ1) is 10.6. The molecule has 1 aromatic heterocycles. The molecule has 3 heteroatoms. The molecule has 2 nitrogen and oxygen atoms in total. The smallest absolute Gasteiger partial charge is 0.0675 e. The number of rotatable bonds is 3. The van der Waals surface area contributed by atoms with Gasteiger partial charge >= 0.3 is 0 Å². The van der Waals surface area contributed by atoms with Crippen molar-refractivity contribution < 1.29 is 0 Å². The summed E-state index contributed by atoms with van der Waals surface area (Å²) in [6.07, 6.45) is 1.71. The quantitative estimate of drug-likeness (QED) is 0.762. The van der Waals surface area contributed by atoms with Crippen LogP contribution in [0.1, 0.15) is 32.4 Å². The Morgan fingerprint density at radius 1 is 1.31 bits per heavy atom. The third kappa shape index (κ3) is 2.76. The summed E-state index contributed by atoms with van der Waals surface area (Å²) < 4.78 is 0. The highest BCUT2D eigenvalue weighted by molar-refractivity contribution is 9.09. The molecule has 0 aliphatic heterocycles. The Labute approximate surface area is 87.9 Å². The van der Waals surface area contributed by atoms with Crippen molar-refractivity contribution in [3.8, 4) is 0 Å². The summed E-state index contributed by atoms with van der Waals surface area (Å²) in [4.78, 5) is 0.434. The van der Waals surface area contributed by atoms with Crippen molar-refractivity contribution in [1.29, 1.82) is 0 Å². The molecule has 0 N–H and O–H groups in total. The molecule has 1 aromatic rings. The highest BCUT2D eigenvalue weighted by Crippen LogP contribution is 2.29. The van der Waals surface area contributed by atoms with Gasteiger partial charge in [0.15, 0.2) is 0 Å². The lowest BCUT2D eigenvalue weighted by molar-refractivity contribution is 0.483. The van der Waals surface area contributed by atoms with Gasteiger partial charge in [0.2, 0.25) is 0 Å². The van der Waals surface area contributed by atoms with Gasteiger partial charge in [-0.2, -0.15) is 10.2 Å². The summed E-state index contributed by atoms with van der Waals surface area (Å²) in [5, 5.41) is 8.04. The monoisotopic (exact) mass is 242 g/mol. The van der Waals surface area contributed by atoms with E-state index in [1.165, 1.54) is 0 Å². The zero-order valence-electron chi connectivity index (χ0n) is 8.24. The summed E-state index contributed by atoms with van der Waals surface area (Å²) in [6, 6.07) is 3.97. The number of halogens is 1. The van der Waals surface area contributed by atoms with Crippen molar-refractivity contribution in [1.82, 2.24) is 10.2 Å². The second-order valence-corrected chi connectivity index (χ2v) is 5.04. The van der Waals surface area contributed by atoms with Crippen molar-refractivity contribution >= 4 is 15.9 Å². The molecule has 0 aliphatic carbocycles. The summed E-state index contributed by atoms with van der Waals surface area (Å²) in [5.74, 6) is 1.01. The zero-order valence-corrected chi connectivity index (χ0v) is 9.82. The first-order chi connectivity index (χ1) is 6.13. The van der Waals surface area contributed by atoms with E-state index >= 15 is 0 Å². The SMILES string of the molecule is CC(C)C(c1cccnn1)C(C)Br. The molecular weight excluding hydrogens is 228 g/mol.